The maximum absolute atomic E-state index is 2.52. The number of nitrogens with zero attached hydrogens (tertiary/aromatic N) is 2. The van der Waals surface area contributed by atoms with Crippen molar-refractivity contribution in [2.45, 2.75) is 64.5 Å². The van der Waals surface area contributed by atoms with Gasteiger partial charge in [-0.05, 0) is 112 Å². The van der Waals surface area contributed by atoms with Crippen molar-refractivity contribution < 1.29 is 0 Å². The van der Waals surface area contributed by atoms with Gasteiger partial charge in [0, 0.05) is 39.5 Å². The second-order valence-electron chi connectivity index (χ2n) is 15.5. The predicted octanol–water partition coefficient (Wildman–Crippen LogP) is 13.7. The van der Waals surface area contributed by atoms with E-state index in [1.165, 1.54) is 69.0 Å². The molecule has 2 nitrogen and oxygen atoms in total. The number of rotatable bonds is 13. The summed E-state index contributed by atoms with van der Waals surface area (Å²) < 4.78 is 0. The zero-order valence-electron chi connectivity index (χ0n) is 32.8. The lowest BCUT2D eigenvalue weighted by Crippen LogP contribution is -2.50. The second-order valence-corrected chi connectivity index (χ2v) is 19.8. The fourth-order valence-corrected chi connectivity index (χ4v) is 12.6. The highest BCUT2D eigenvalue weighted by atomic mass is 28.3. The summed E-state index contributed by atoms with van der Waals surface area (Å²) >= 11 is 0. The molecule has 0 saturated carbocycles. The molecule has 3 heteroatoms. The van der Waals surface area contributed by atoms with Crippen molar-refractivity contribution >= 4 is 52.6 Å². The number of hydrogen-bond acceptors (Lipinski definition) is 2. The van der Waals surface area contributed by atoms with Crippen molar-refractivity contribution in [3.05, 3.63) is 193 Å². The minimum absolute atomic E-state index is 0.0985. The lowest BCUT2D eigenvalue weighted by Gasteiger charge is -2.36. The quantitative estimate of drug-likeness (QED) is 0.0860. The van der Waals surface area contributed by atoms with Gasteiger partial charge in [0.2, 0.25) is 0 Å². The summed E-state index contributed by atoms with van der Waals surface area (Å²) in [6.07, 6.45) is 5.78. The van der Waals surface area contributed by atoms with Crippen molar-refractivity contribution in [1.29, 1.82) is 0 Å². The summed E-state index contributed by atoms with van der Waals surface area (Å²) in [4.78, 5) is 4.86. The highest BCUT2D eigenvalue weighted by Crippen LogP contribution is 2.45. The van der Waals surface area contributed by atoms with Gasteiger partial charge in [0.1, 0.15) is 8.07 Å². The van der Waals surface area contributed by atoms with Crippen molar-refractivity contribution in [2.24, 2.45) is 0 Å². The Morgan fingerprint density at radius 3 is 1.42 bits per heavy atom. The van der Waals surface area contributed by atoms with E-state index in [2.05, 4.69) is 219 Å². The molecule has 1 aliphatic rings. The molecule has 1 aliphatic heterocycles. The summed E-state index contributed by atoms with van der Waals surface area (Å²) in [5.74, 6) is 0. The molecule has 7 aromatic carbocycles. The number of fused-ring (bicyclic) bond motifs is 3. The van der Waals surface area contributed by atoms with Gasteiger partial charge in [0.15, 0.2) is 0 Å². The minimum Gasteiger partial charge on any atom is -0.311 e. The van der Waals surface area contributed by atoms with Crippen molar-refractivity contribution in [2.75, 3.05) is 9.80 Å². The maximum atomic E-state index is 2.52. The van der Waals surface area contributed by atoms with Gasteiger partial charge in [-0.25, -0.2) is 0 Å². The molecule has 0 N–H and O–H groups in total. The number of unbranched alkanes of at least 4 members (excludes halogenated alkanes) is 2. The van der Waals surface area contributed by atoms with Crippen LogP contribution in [0.2, 0.25) is 13.1 Å². The topological polar surface area (TPSA) is 6.48 Å². The molecule has 1 atom stereocenters. The van der Waals surface area contributed by atoms with Crippen molar-refractivity contribution in [3.8, 4) is 11.1 Å². The molecule has 274 valence electrons. The van der Waals surface area contributed by atoms with Gasteiger partial charge in [0.25, 0.3) is 0 Å². The first kappa shape index (κ1) is 36.3. The third kappa shape index (κ3) is 6.72. The Morgan fingerprint density at radius 2 is 0.891 bits per heavy atom. The normalized spacial score (nSPS) is 13.7. The molecule has 8 rings (SSSR count). The summed E-state index contributed by atoms with van der Waals surface area (Å²) in [7, 11) is -1.97. The van der Waals surface area contributed by atoms with Crippen LogP contribution < -0.4 is 20.2 Å². The molecule has 1 unspecified atom stereocenters. The molecule has 0 bridgehead atoms. The van der Waals surface area contributed by atoms with Crippen LogP contribution >= 0.6 is 0 Å². The Kier molecular flexibility index (Phi) is 10.3. The smallest absolute Gasteiger partial charge is 0.116 e. The standard InChI is InChI=1S/C52H52N2Si/c1-5-7-19-39-52(6-2,40-31-35-45(36-32-40)53(42-21-11-8-12-22-42)43-23-13-9-14-24-43)41-33-37-46(38-34-41)54(44-25-15-10-16-26-44)49-29-20-28-48-47-27-17-18-30-50(47)55(3,4)51(48)49/h8-18,20-38H,5-7,19,39H2,1-4H3. The summed E-state index contributed by atoms with van der Waals surface area (Å²) in [6.45, 7) is 9.72. The molecule has 0 radical (unpaired) electrons. The molecule has 55 heavy (non-hydrogen) atoms. The van der Waals surface area contributed by atoms with Crippen LogP contribution in [0.5, 0.6) is 0 Å². The van der Waals surface area contributed by atoms with Gasteiger partial charge in [-0.3, -0.25) is 0 Å². The highest BCUT2D eigenvalue weighted by Gasteiger charge is 2.40. The Morgan fingerprint density at radius 1 is 0.436 bits per heavy atom. The van der Waals surface area contributed by atoms with Crippen LogP contribution in [0.15, 0.2) is 182 Å². The van der Waals surface area contributed by atoms with Gasteiger partial charge >= 0.3 is 0 Å². The Labute approximate surface area is 329 Å². The maximum Gasteiger partial charge on any atom is 0.116 e. The third-order valence-corrected chi connectivity index (χ3v) is 15.6. The Balaban J connectivity index is 1.20. The van der Waals surface area contributed by atoms with Crippen LogP contribution in [0, 0.1) is 0 Å². The van der Waals surface area contributed by atoms with Crippen LogP contribution in [-0.4, -0.2) is 8.07 Å². The summed E-state index contributed by atoms with van der Waals surface area (Å²) in [5.41, 5.74) is 12.6. The van der Waals surface area contributed by atoms with Crippen LogP contribution in [0.1, 0.15) is 57.1 Å². The molecular weight excluding hydrogens is 681 g/mol. The van der Waals surface area contributed by atoms with E-state index < -0.39 is 8.07 Å². The molecule has 0 aliphatic carbocycles. The first-order valence-electron chi connectivity index (χ1n) is 20.2. The molecule has 1 heterocycles. The van der Waals surface area contributed by atoms with E-state index in [0.29, 0.717) is 0 Å². The van der Waals surface area contributed by atoms with Crippen LogP contribution in [0.4, 0.5) is 34.1 Å². The average molecular weight is 733 g/mol. The predicted molar refractivity (Wildman–Crippen MR) is 240 cm³/mol. The largest absolute Gasteiger partial charge is 0.311 e. The summed E-state index contributed by atoms with van der Waals surface area (Å²) in [6, 6.07) is 67.4. The average Bonchev–Trinajstić information content (AvgIpc) is 3.48. The van der Waals surface area contributed by atoms with E-state index in [0.717, 1.165) is 29.9 Å². The molecular formula is C52H52N2Si. The van der Waals surface area contributed by atoms with Gasteiger partial charge in [-0.2, -0.15) is 0 Å². The third-order valence-electron chi connectivity index (χ3n) is 12.0. The number of para-hydroxylation sites is 3. The zero-order chi connectivity index (χ0) is 37.8. The van der Waals surface area contributed by atoms with Gasteiger partial charge < -0.3 is 9.80 Å². The van der Waals surface area contributed by atoms with E-state index in [-0.39, 0.29) is 5.41 Å². The van der Waals surface area contributed by atoms with Crippen LogP contribution in [0.3, 0.4) is 0 Å². The molecule has 0 spiro atoms. The highest BCUT2D eigenvalue weighted by molar-refractivity contribution is 7.04. The van der Waals surface area contributed by atoms with Gasteiger partial charge in [0.05, 0.1) is 0 Å². The number of benzene rings is 7. The minimum atomic E-state index is -1.97. The molecule has 7 aromatic rings. The second kappa shape index (κ2) is 15.6. The van der Waals surface area contributed by atoms with E-state index in [1.54, 1.807) is 0 Å². The van der Waals surface area contributed by atoms with Crippen LogP contribution in [0.25, 0.3) is 11.1 Å². The van der Waals surface area contributed by atoms with Gasteiger partial charge in [-0.1, -0.05) is 161 Å². The van der Waals surface area contributed by atoms with Crippen LogP contribution in [-0.2, 0) is 5.41 Å². The lowest BCUT2D eigenvalue weighted by molar-refractivity contribution is 0.431. The Hall–Kier alpha value is -5.64. The zero-order valence-corrected chi connectivity index (χ0v) is 33.8. The number of anilines is 6. The fourth-order valence-electron chi connectivity index (χ4n) is 9.19. The van der Waals surface area contributed by atoms with E-state index in [9.17, 15) is 0 Å². The van der Waals surface area contributed by atoms with E-state index >= 15 is 0 Å². The van der Waals surface area contributed by atoms with Crippen molar-refractivity contribution in [3.63, 3.8) is 0 Å². The molecule has 0 fully saturated rings. The fraction of sp³-hybridized carbons (Fsp3) is 0.192. The van der Waals surface area contributed by atoms with E-state index in [4.69, 9.17) is 0 Å². The Bertz CT molecular complexity index is 2300. The molecule has 0 amide bonds. The summed E-state index contributed by atoms with van der Waals surface area (Å²) in [5, 5.41) is 3.05. The molecule has 0 saturated heterocycles. The van der Waals surface area contributed by atoms with Gasteiger partial charge in [-0.15, -0.1) is 0 Å². The van der Waals surface area contributed by atoms with Crippen molar-refractivity contribution in [1.82, 2.24) is 0 Å². The lowest BCUT2D eigenvalue weighted by atomic mass is 9.69. The first-order valence-corrected chi connectivity index (χ1v) is 23.2. The monoisotopic (exact) mass is 732 g/mol. The molecule has 0 aromatic heterocycles. The SMILES string of the molecule is CCCCCC(CC)(c1ccc(N(c2ccccc2)c2ccccc2)cc1)c1ccc(N(c2ccccc2)c2cccc3c2[Si](C)(C)c2ccccc2-3)cc1. The van der Waals surface area contributed by atoms with E-state index in [1.807, 2.05) is 0 Å². The number of hydrogen-bond donors (Lipinski definition) is 0. The first-order chi connectivity index (χ1) is 27.0.